The quantitative estimate of drug-likeness (QED) is 0.794. The predicted octanol–water partition coefficient (Wildman–Crippen LogP) is 1.66. The third kappa shape index (κ3) is 3.54. The van der Waals surface area contributed by atoms with Gasteiger partial charge in [0.15, 0.2) is 5.82 Å². The van der Waals surface area contributed by atoms with Crippen LogP contribution in [0.5, 0.6) is 0 Å². The van der Waals surface area contributed by atoms with Crippen molar-refractivity contribution in [3.8, 4) is 5.82 Å². The number of nitrogens with zero attached hydrogens (tertiary/aromatic N) is 6. The topological polar surface area (TPSA) is 80.9 Å². The van der Waals surface area contributed by atoms with E-state index in [0.29, 0.717) is 18.1 Å². The van der Waals surface area contributed by atoms with Crippen LogP contribution < -0.4 is 5.32 Å². The number of pyridine rings is 1. The highest BCUT2D eigenvalue weighted by atomic mass is 16.2. The molecule has 3 aromatic rings. The number of anilines is 1. The number of aromatic nitrogens is 5. The Morgan fingerprint density at radius 1 is 1.30 bits per heavy atom. The molecule has 8 nitrogen and oxygen atoms in total. The predicted molar refractivity (Wildman–Crippen MR) is 85.1 cm³/mol. The maximum atomic E-state index is 12.2. The van der Waals surface area contributed by atoms with Crippen molar-refractivity contribution in [2.24, 2.45) is 7.05 Å². The second-order valence-corrected chi connectivity index (χ2v) is 5.16. The van der Waals surface area contributed by atoms with Crippen LogP contribution in [0.25, 0.3) is 5.82 Å². The summed E-state index contributed by atoms with van der Waals surface area (Å²) in [5.74, 6) is 0.691. The number of carbonyl (C=O) groups is 1. The summed E-state index contributed by atoms with van der Waals surface area (Å²) in [6.45, 7) is 0.485. The van der Waals surface area contributed by atoms with E-state index in [9.17, 15) is 4.79 Å². The molecule has 0 bridgehead atoms. The number of amides is 2. The molecule has 3 heterocycles. The summed E-state index contributed by atoms with van der Waals surface area (Å²) in [7, 11) is 3.57. The van der Waals surface area contributed by atoms with E-state index >= 15 is 0 Å². The van der Waals surface area contributed by atoms with Gasteiger partial charge in [0, 0.05) is 38.2 Å². The first kappa shape index (κ1) is 14.8. The zero-order valence-electron chi connectivity index (χ0n) is 12.9. The van der Waals surface area contributed by atoms with Gasteiger partial charge in [-0.3, -0.25) is 4.68 Å². The molecule has 0 radical (unpaired) electrons. The first-order valence-electron chi connectivity index (χ1n) is 7.07. The molecule has 0 fully saturated rings. The highest BCUT2D eigenvalue weighted by molar-refractivity contribution is 5.88. The molecule has 0 spiro atoms. The SMILES string of the molecule is CN(Cc1cnn(C)c1)C(=O)Nc1ccc(-n2cccn2)nc1. The van der Waals surface area contributed by atoms with Crippen molar-refractivity contribution < 1.29 is 4.79 Å². The smallest absolute Gasteiger partial charge is 0.321 e. The van der Waals surface area contributed by atoms with Crippen molar-refractivity contribution in [1.82, 2.24) is 29.4 Å². The molecule has 1 N–H and O–H groups in total. The molecular formula is C15H17N7O. The Morgan fingerprint density at radius 2 is 2.17 bits per heavy atom. The van der Waals surface area contributed by atoms with Crippen LogP contribution in [-0.2, 0) is 13.6 Å². The molecular weight excluding hydrogens is 294 g/mol. The zero-order chi connectivity index (χ0) is 16.2. The van der Waals surface area contributed by atoms with E-state index in [0.717, 1.165) is 5.56 Å². The van der Waals surface area contributed by atoms with E-state index in [1.807, 2.05) is 25.5 Å². The summed E-state index contributed by atoms with van der Waals surface area (Å²) in [6.07, 6.45) is 8.72. The molecule has 3 aromatic heterocycles. The third-order valence-corrected chi connectivity index (χ3v) is 3.26. The Morgan fingerprint density at radius 3 is 2.78 bits per heavy atom. The van der Waals surface area contributed by atoms with Crippen LogP contribution in [-0.4, -0.2) is 42.5 Å². The Bertz CT molecular complexity index is 777. The van der Waals surface area contributed by atoms with E-state index in [2.05, 4.69) is 20.5 Å². The van der Waals surface area contributed by atoms with Crippen molar-refractivity contribution in [2.75, 3.05) is 12.4 Å². The van der Waals surface area contributed by atoms with Gasteiger partial charge in [0.1, 0.15) is 0 Å². The number of aryl methyl sites for hydroxylation is 1. The van der Waals surface area contributed by atoms with Gasteiger partial charge >= 0.3 is 6.03 Å². The monoisotopic (exact) mass is 311 g/mol. The first-order chi connectivity index (χ1) is 11.1. The first-order valence-corrected chi connectivity index (χ1v) is 7.07. The summed E-state index contributed by atoms with van der Waals surface area (Å²) in [5.41, 5.74) is 1.60. The number of carbonyl (C=O) groups excluding carboxylic acids is 1. The lowest BCUT2D eigenvalue weighted by atomic mass is 10.3. The molecule has 0 saturated carbocycles. The fourth-order valence-corrected chi connectivity index (χ4v) is 2.12. The van der Waals surface area contributed by atoms with Crippen LogP contribution in [0.15, 0.2) is 49.2 Å². The van der Waals surface area contributed by atoms with Crippen LogP contribution in [0.1, 0.15) is 5.56 Å². The normalized spacial score (nSPS) is 10.5. The van der Waals surface area contributed by atoms with Crippen molar-refractivity contribution in [3.63, 3.8) is 0 Å². The van der Waals surface area contributed by atoms with Gasteiger partial charge in [-0.2, -0.15) is 10.2 Å². The van der Waals surface area contributed by atoms with Crippen LogP contribution in [0.3, 0.4) is 0 Å². The minimum absolute atomic E-state index is 0.206. The molecule has 0 unspecified atom stereocenters. The van der Waals surface area contributed by atoms with E-state index in [1.54, 1.807) is 52.0 Å². The molecule has 0 aliphatic carbocycles. The van der Waals surface area contributed by atoms with Crippen molar-refractivity contribution in [2.45, 2.75) is 6.54 Å². The second kappa shape index (κ2) is 6.30. The molecule has 8 heteroatoms. The molecule has 0 aliphatic rings. The second-order valence-electron chi connectivity index (χ2n) is 5.16. The van der Waals surface area contributed by atoms with Crippen molar-refractivity contribution in [3.05, 3.63) is 54.7 Å². The lowest BCUT2D eigenvalue weighted by molar-refractivity contribution is 0.220. The van der Waals surface area contributed by atoms with Crippen molar-refractivity contribution >= 4 is 11.7 Å². The highest BCUT2D eigenvalue weighted by Crippen LogP contribution is 2.10. The molecule has 0 atom stereocenters. The third-order valence-electron chi connectivity index (χ3n) is 3.26. The lowest BCUT2D eigenvalue weighted by Crippen LogP contribution is -2.30. The van der Waals surface area contributed by atoms with Gasteiger partial charge in [-0.05, 0) is 18.2 Å². The maximum Gasteiger partial charge on any atom is 0.321 e. The Hall–Kier alpha value is -3.16. The Kier molecular flexibility index (Phi) is 4.05. The van der Waals surface area contributed by atoms with Gasteiger partial charge in [0.05, 0.1) is 24.6 Å². The average molecular weight is 311 g/mol. The molecule has 3 rings (SSSR count). The van der Waals surface area contributed by atoms with Crippen LogP contribution >= 0.6 is 0 Å². The summed E-state index contributed by atoms with van der Waals surface area (Å²) >= 11 is 0. The van der Waals surface area contributed by atoms with Gasteiger partial charge in [0.25, 0.3) is 0 Å². The van der Waals surface area contributed by atoms with Crippen LogP contribution in [0, 0.1) is 0 Å². The summed E-state index contributed by atoms with van der Waals surface area (Å²) < 4.78 is 3.36. The van der Waals surface area contributed by atoms with Gasteiger partial charge in [0.2, 0.25) is 0 Å². The average Bonchev–Trinajstić information content (AvgIpc) is 3.20. The Labute approximate surface area is 133 Å². The summed E-state index contributed by atoms with van der Waals surface area (Å²) in [4.78, 5) is 18.0. The minimum Gasteiger partial charge on any atom is -0.323 e. The highest BCUT2D eigenvalue weighted by Gasteiger charge is 2.10. The number of nitrogens with one attached hydrogen (secondary N) is 1. The van der Waals surface area contributed by atoms with E-state index in [4.69, 9.17) is 0 Å². The van der Waals surface area contributed by atoms with Crippen LogP contribution in [0.4, 0.5) is 10.5 Å². The fourth-order valence-electron chi connectivity index (χ4n) is 2.12. The summed E-state index contributed by atoms with van der Waals surface area (Å²) in [5, 5.41) is 11.0. The number of hydrogen-bond acceptors (Lipinski definition) is 4. The number of hydrogen-bond donors (Lipinski definition) is 1. The fraction of sp³-hybridized carbons (Fsp3) is 0.200. The Balaban J connectivity index is 1.61. The molecule has 118 valence electrons. The van der Waals surface area contributed by atoms with Gasteiger partial charge in [-0.15, -0.1) is 0 Å². The zero-order valence-corrected chi connectivity index (χ0v) is 12.9. The van der Waals surface area contributed by atoms with E-state index in [-0.39, 0.29) is 6.03 Å². The van der Waals surface area contributed by atoms with E-state index in [1.165, 1.54) is 0 Å². The molecule has 0 saturated heterocycles. The molecule has 2 amide bonds. The number of rotatable bonds is 4. The van der Waals surface area contributed by atoms with Gasteiger partial charge in [-0.1, -0.05) is 0 Å². The molecule has 23 heavy (non-hydrogen) atoms. The summed E-state index contributed by atoms with van der Waals surface area (Å²) in [6, 6.07) is 5.21. The van der Waals surface area contributed by atoms with Crippen molar-refractivity contribution in [1.29, 1.82) is 0 Å². The maximum absolute atomic E-state index is 12.2. The number of urea groups is 1. The van der Waals surface area contributed by atoms with Crippen LogP contribution in [0.2, 0.25) is 0 Å². The lowest BCUT2D eigenvalue weighted by Gasteiger charge is -2.17. The standard InChI is InChI=1S/C15H17N7O/c1-20(10-12-8-18-21(2)11-12)15(23)19-13-4-5-14(16-9-13)22-7-3-6-17-22/h3-9,11H,10H2,1-2H3,(H,19,23). The van der Waals surface area contributed by atoms with E-state index < -0.39 is 0 Å². The van der Waals surface area contributed by atoms with Gasteiger partial charge < -0.3 is 10.2 Å². The molecule has 0 aromatic carbocycles. The molecule has 0 aliphatic heterocycles. The minimum atomic E-state index is -0.206. The van der Waals surface area contributed by atoms with Gasteiger partial charge in [-0.25, -0.2) is 14.5 Å². The largest absolute Gasteiger partial charge is 0.323 e.